The molecule has 0 bridgehead atoms. The summed E-state index contributed by atoms with van der Waals surface area (Å²) < 4.78 is 5.13. The summed E-state index contributed by atoms with van der Waals surface area (Å²) in [6.45, 7) is 0. The SMILES string of the molecule is C#CCC(N)c1nc(-c2ccc3nccnc3c2)no1. The van der Waals surface area contributed by atoms with Gasteiger partial charge >= 0.3 is 0 Å². The summed E-state index contributed by atoms with van der Waals surface area (Å²) in [7, 11) is 0. The maximum absolute atomic E-state index is 5.83. The van der Waals surface area contributed by atoms with E-state index >= 15 is 0 Å². The van der Waals surface area contributed by atoms with Gasteiger partial charge in [-0.05, 0) is 18.2 Å². The van der Waals surface area contributed by atoms with Crippen molar-refractivity contribution >= 4 is 11.0 Å². The second-order valence-electron chi connectivity index (χ2n) is 4.23. The zero-order chi connectivity index (χ0) is 13.9. The molecule has 3 rings (SSSR count). The molecule has 98 valence electrons. The number of nitrogens with two attached hydrogens (primary N) is 1. The Morgan fingerprint density at radius 3 is 2.85 bits per heavy atom. The smallest absolute Gasteiger partial charge is 0.244 e. The number of hydrogen-bond acceptors (Lipinski definition) is 6. The van der Waals surface area contributed by atoms with Crippen LogP contribution in [0.3, 0.4) is 0 Å². The predicted octanol–water partition coefficient (Wildman–Crippen LogP) is 1.70. The molecule has 0 amide bonds. The fraction of sp³-hybridized carbons (Fsp3) is 0.143. The first-order valence-electron chi connectivity index (χ1n) is 6.01. The Bertz CT molecular complexity index is 789. The minimum absolute atomic E-state index is 0.331. The average molecular weight is 265 g/mol. The van der Waals surface area contributed by atoms with Gasteiger partial charge in [0.25, 0.3) is 0 Å². The molecule has 2 N–H and O–H groups in total. The summed E-state index contributed by atoms with van der Waals surface area (Å²) in [6.07, 6.45) is 8.85. The Morgan fingerprint density at radius 2 is 2.05 bits per heavy atom. The molecule has 0 fully saturated rings. The van der Waals surface area contributed by atoms with E-state index in [4.69, 9.17) is 16.7 Å². The monoisotopic (exact) mass is 265 g/mol. The number of hydrogen-bond donors (Lipinski definition) is 1. The lowest BCUT2D eigenvalue weighted by Crippen LogP contribution is -2.09. The van der Waals surface area contributed by atoms with Crippen molar-refractivity contribution in [2.75, 3.05) is 0 Å². The summed E-state index contributed by atoms with van der Waals surface area (Å²) in [5, 5.41) is 3.91. The molecule has 2 heterocycles. The molecule has 0 aliphatic rings. The van der Waals surface area contributed by atoms with Gasteiger partial charge in [-0.15, -0.1) is 12.3 Å². The maximum Gasteiger partial charge on any atom is 0.244 e. The molecule has 0 spiro atoms. The van der Waals surface area contributed by atoms with Gasteiger partial charge in [-0.2, -0.15) is 4.98 Å². The Hall–Kier alpha value is -2.78. The minimum Gasteiger partial charge on any atom is -0.337 e. The van der Waals surface area contributed by atoms with Gasteiger partial charge in [0.2, 0.25) is 11.7 Å². The van der Waals surface area contributed by atoms with Crippen LogP contribution in [0.1, 0.15) is 18.4 Å². The van der Waals surface area contributed by atoms with E-state index in [2.05, 4.69) is 26.0 Å². The first-order valence-corrected chi connectivity index (χ1v) is 6.01. The Kier molecular flexibility index (Phi) is 3.11. The number of nitrogens with zero attached hydrogens (tertiary/aromatic N) is 4. The van der Waals surface area contributed by atoms with Gasteiger partial charge in [0, 0.05) is 24.4 Å². The standard InChI is InChI=1S/C14H11N5O/c1-2-3-10(15)14-18-13(19-20-14)9-4-5-11-12(8-9)17-7-6-16-11/h1,4-8,10H,3,15H2. The molecule has 2 aromatic heterocycles. The molecule has 0 aliphatic heterocycles. The van der Waals surface area contributed by atoms with Gasteiger partial charge in [0.15, 0.2) is 0 Å². The fourth-order valence-electron chi connectivity index (χ4n) is 1.82. The van der Waals surface area contributed by atoms with E-state index in [1.807, 2.05) is 18.2 Å². The normalized spacial score (nSPS) is 12.2. The van der Waals surface area contributed by atoms with Crippen molar-refractivity contribution in [2.45, 2.75) is 12.5 Å². The van der Waals surface area contributed by atoms with E-state index in [0.29, 0.717) is 18.1 Å². The van der Waals surface area contributed by atoms with Gasteiger partial charge in [0.05, 0.1) is 17.1 Å². The molecule has 1 aromatic carbocycles. The second kappa shape index (κ2) is 5.07. The molecular formula is C14H11N5O. The lowest BCUT2D eigenvalue weighted by Gasteiger charge is -1.99. The Morgan fingerprint density at radius 1 is 1.25 bits per heavy atom. The van der Waals surface area contributed by atoms with Crippen LogP contribution in [0, 0.1) is 12.3 Å². The van der Waals surface area contributed by atoms with Crippen molar-refractivity contribution in [3.05, 3.63) is 36.5 Å². The maximum atomic E-state index is 5.83. The van der Waals surface area contributed by atoms with Crippen LogP contribution < -0.4 is 5.73 Å². The molecule has 0 saturated carbocycles. The highest BCUT2D eigenvalue weighted by Gasteiger charge is 2.15. The number of aromatic nitrogens is 4. The topological polar surface area (TPSA) is 90.7 Å². The van der Waals surface area contributed by atoms with Crippen LogP contribution >= 0.6 is 0 Å². The van der Waals surface area contributed by atoms with Crippen molar-refractivity contribution in [3.8, 4) is 23.7 Å². The van der Waals surface area contributed by atoms with Crippen LogP contribution in [0.5, 0.6) is 0 Å². The van der Waals surface area contributed by atoms with Crippen LogP contribution in [0.15, 0.2) is 35.1 Å². The lowest BCUT2D eigenvalue weighted by atomic mass is 10.2. The number of terminal acetylenes is 1. The highest BCUT2D eigenvalue weighted by Crippen LogP contribution is 2.21. The predicted molar refractivity (Wildman–Crippen MR) is 73.2 cm³/mol. The van der Waals surface area contributed by atoms with Gasteiger partial charge in [-0.3, -0.25) is 9.97 Å². The second-order valence-corrected chi connectivity index (χ2v) is 4.23. The molecule has 0 saturated heterocycles. The third-order valence-electron chi connectivity index (χ3n) is 2.82. The quantitative estimate of drug-likeness (QED) is 0.725. The lowest BCUT2D eigenvalue weighted by molar-refractivity contribution is 0.357. The van der Waals surface area contributed by atoms with Crippen LogP contribution in [0.25, 0.3) is 22.4 Å². The van der Waals surface area contributed by atoms with Crippen LogP contribution in [-0.2, 0) is 0 Å². The van der Waals surface area contributed by atoms with Gasteiger partial charge in [-0.25, -0.2) is 0 Å². The van der Waals surface area contributed by atoms with E-state index in [-0.39, 0.29) is 0 Å². The molecule has 20 heavy (non-hydrogen) atoms. The van der Waals surface area contributed by atoms with E-state index in [0.717, 1.165) is 16.6 Å². The molecule has 3 aromatic rings. The van der Waals surface area contributed by atoms with Crippen molar-refractivity contribution in [2.24, 2.45) is 5.73 Å². The summed E-state index contributed by atoms with van der Waals surface area (Å²) >= 11 is 0. The van der Waals surface area contributed by atoms with Crippen molar-refractivity contribution in [1.82, 2.24) is 20.1 Å². The third kappa shape index (κ3) is 2.22. The van der Waals surface area contributed by atoms with Crippen molar-refractivity contribution in [1.29, 1.82) is 0 Å². The van der Waals surface area contributed by atoms with Gasteiger partial charge in [-0.1, -0.05) is 5.16 Å². The zero-order valence-corrected chi connectivity index (χ0v) is 10.5. The summed E-state index contributed by atoms with van der Waals surface area (Å²) in [5.74, 6) is 3.26. The first kappa shape index (κ1) is 12.3. The molecule has 1 atom stereocenters. The zero-order valence-electron chi connectivity index (χ0n) is 10.5. The molecule has 1 unspecified atom stereocenters. The largest absolute Gasteiger partial charge is 0.337 e. The molecular weight excluding hydrogens is 254 g/mol. The minimum atomic E-state index is -0.443. The van der Waals surface area contributed by atoms with Crippen LogP contribution in [0.4, 0.5) is 0 Å². The van der Waals surface area contributed by atoms with E-state index in [1.165, 1.54) is 0 Å². The van der Waals surface area contributed by atoms with Crippen molar-refractivity contribution < 1.29 is 4.52 Å². The fourth-order valence-corrected chi connectivity index (χ4v) is 1.82. The summed E-state index contributed by atoms with van der Waals surface area (Å²) in [6, 6.07) is 5.12. The average Bonchev–Trinajstić information content (AvgIpc) is 2.97. The van der Waals surface area contributed by atoms with Crippen LogP contribution in [-0.4, -0.2) is 20.1 Å². The molecule has 0 radical (unpaired) electrons. The third-order valence-corrected chi connectivity index (χ3v) is 2.82. The van der Waals surface area contributed by atoms with Gasteiger partial charge in [0.1, 0.15) is 0 Å². The summed E-state index contributed by atoms with van der Waals surface area (Å²) in [4.78, 5) is 12.7. The number of benzene rings is 1. The van der Waals surface area contributed by atoms with E-state index in [1.54, 1.807) is 12.4 Å². The first-order chi connectivity index (χ1) is 9.78. The van der Waals surface area contributed by atoms with Crippen LogP contribution in [0.2, 0.25) is 0 Å². The van der Waals surface area contributed by atoms with Gasteiger partial charge < -0.3 is 10.3 Å². The Balaban J connectivity index is 1.97. The molecule has 6 heteroatoms. The highest BCUT2D eigenvalue weighted by molar-refractivity contribution is 5.79. The Labute approximate surface area is 115 Å². The van der Waals surface area contributed by atoms with Crippen molar-refractivity contribution in [3.63, 3.8) is 0 Å². The van der Waals surface area contributed by atoms with E-state index in [9.17, 15) is 0 Å². The van der Waals surface area contributed by atoms with E-state index < -0.39 is 6.04 Å². The molecule has 0 aliphatic carbocycles. The number of rotatable bonds is 3. The number of fused-ring (bicyclic) bond motifs is 1. The highest BCUT2D eigenvalue weighted by atomic mass is 16.5. The summed E-state index contributed by atoms with van der Waals surface area (Å²) in [5.41, 5.74) is 8.20. The molecule has 6 nitrogen and oxygen atoms in total.